The summed E-state index contributed by atoms with van der Waals surface area (Å²) in [6.07, 6.45) is 3.42. The number of thioether (sulfide) groups is 1. The summed E-state index contributed by atoms with van der Waals surface area (Å²) in [6.45, 7) is 0.493. The number of carbonyl (C=O) groups excluding carboxylic acids is 1. The van der Waals surface area contributed by atoms with E-state index in [0.717, 1.165) is 5.56 Å². The molecule has 1 aromatic carbocycles. The van der Waals surface area contributed by atoms with Crippen LogP contribution in [0.25, 0.3) is 0 Å². The second-order valence-electron chi connectivity index (χ2n) is 4.08. The number of nitrogens with one attached hydrogen (secondary N) is 1. The molecule has 1 aromatic heterocycles. The first-order valence-corrected chi connectivity index (χ1v) is 6.74. The molecule has 2 rings (SSSR count). The number of hydrogen-bond acceptors (Lipinski definition) is 3. The van der Waals surface area contributed by atoms with Crippen LogP contribution in [0.2, 0.25) is 0 Å². The Morgan fingerprint density at radius 3 is 2.95 bits per heavy atom. The highest BCUT2D eigenvalue weighted by Gasteiger charge is 2.11. The third-order valence-electron chi connectivity index (χ3n) is 2.59. The van der Waals surface area contributed by atoms with Gasteiger partial charge >= 0.3 is 0 Å². The number of nitrogens with zero attached hydrogens (tertiary/aromatic N) is 2. The Balaban J connectivity index is 1.86. The molecule has 0 radical (unpaired) electrons. The summed E-state index contributed by atoms with van der Waals surface area (Å²) in [5.74, 6) is -0.123. The van der Waals surface area contributed by atoms with Gasteiger partial charge in [0.2, 0.25) is 5.91 Å². The van der Waals surface area contributed by atoms with Gasteiger partial charge in [0.25, 0.3) is 0 Å². The predicted molar refractivity (Wildman–Crippen MR) is 72.2 cm³/mol. The van der Waals surface area contributed by atoms with Gasteiger partial charge in [-0.15, -0.1) is 11.8 Å². The summed E-state index contributed by atoms with van der Waals surface area (Å²) in [5.41, 5.74) is 0.937. The Kier molecular flexibility index (Phi) is 4.57. The molecule has 0 atom stereocenters. The Labute approximate surface area is 115 Å². The molecule has 1 heterocycles. The Hall–Kier alpha value is -1.82. The van der Waals surface area contributed by atoms with Crippen LogP contribution in [0, 0.1) is 5.82 Å². The number of rotatable bonds is 5. The van der Waals surface area contributed by atoms with Crippen LogP contribution in [0.4, 0.5) is 4.39 Å². The summed E-state index contributed by atoms with van der Waals surface area (Å²) < 4.78 is 13.4. The molecule has 0 spiro atoms. The molecular weight excluding hydrogens is 265 g/mol. The van der Waals surface area contributed by atoms with Crippen LogP contribution in [-0.2, 0) is 11.3 Å². The van der Waals surface area contributed by atoms with Crippen LogP contribution in [0.1, 0.15) is 5.56 Å². The SMILES string of the molecule is CN(Cc1cn[nH]c1)C(=O)CSc1ccccc1F. The normalized spacial score (nSPS) is 10.4. The second kappa shape index (κ2) is 6.38. The average Bonchev–Trinajstić information content (AvgIpc) is 2.90. The smallest absolute Gasteiger partial charge is 0.232 e. The van der Waals surface area contributed by atoms with Crippen molar-refractivity contribution in [2.45, 2.75) is 11.4 Å². The molecule has 100 valence electrons. The molecule has 1 amide bonds. The van der Waals surface area contributed by atoms with Gasteiger partial charge in [-0.3, -0.25) is 9.89 Å². The lowest BCUT2D eigenvalue weighted by Crippen LogP contribution is -2.27. The van der Waals surface area contributed by atoms with Crippen LogP contribution in [0.5, 0.6) is 0 Å². The highest BCUT2D eigenvalue weighted by Crippen LogP contribution is 2.21. The summed E-state index contributed by atoms with van der Waals surface area (Å²) in [5, 5.41) is 6.52. The van der Waals surface area contributed by atoms with E-state index >= 15 is 0 Å². The standard InChI is InChI=1S/C13H14FN3OS/c1-17(8-10-6-15-16-7-10)13(18)9-19-12-5-3-2-4-11(12)14/h2-7H,8-9H2,1H3,(H,15,16). The largest absolute Gasteiger partial charge is 0.341 e. The molecule has 0 saturated carbocycles. The fourth-order valence-corrected chi connectivity index (χ4v) is 2.42. The van der Waals surface area contributed by atoms with E-state index in [0.29, 0.717) is 11.4 Å². The van der Waals surface area contributed by atoms with Gasteiger partial charge < -0.3 is 4.90 Å². The third-order valence-corrected chi connectivity index (χ3v) is 3.62. The Morgan fingerprint density at radius 1 is 1.47 bits per heavy atom. The molecule has 19 heavy (non-hydrogen) atoms. The molecule has 1 N–H and O–H groups in total. The van der Waals surface area contributed by atoms with E-state index in [1.165, 1.54) is 17.8 Å². The minimum Gasteiger partial charge on any atom is -0.341 e. The molecular formula is C13H14FN3OS. The summed E-state index contributed by atoms with van der Waals surface area (Å²) >= 11 is 1.21. The summed E-state index contributed by atoms with van der Waals surface area (Å²) in [4.78, 5) is 14.0. The van der Waals surface area contributed by atoms with Gasteiger partial charge in [-0.2, -0.15) is 5.10 Å². The summed E-state index contributed by atoms with van der Waals surface area (Å²) in [7, 11) is 1.72. The first-order chi connectivity index (χ1) is 9.16. The number of carbonyl (C=O) groups is 1. The van der Waals surface area contributed by atoms with Crippen molar-refractivity contribution in [2.24, 2.45) is 0 Å². The maximum Gasteiger partial charge on any atom is 0.232 e. The molecule has 0 unspecified atom stereocenters. The third kappa shape index (κ3) is 3.82. The van der Waals surface area contributed by atoms with Gasteiger partial charge in [-0.1, -0.05) is 12.1 Å². The second-order valence-corrected chi connectivity index (χ2v) is 5.09. The van der Waals surface area contributed by atoms with Crippen molar-refractivity contribution in [3.63, 3.8) is 0 Å². The van der Waals surface area contributed by atoms with Gasteiger partial charge in [-0.05, 0) is 12.1 Å². The number of benzene rings is 1. The van der Waals surface area contributed by atoms with Crippen LogP contribution in [0.3, 0.4) is 0 Å². The Bertz CT molecular complexity index is 545. The zero-order valence-electron chi connectivity index (χ0n) is 10.5. The fourth-order valence-electron chi connectivity index (χ4n) is 1.54. The number of halogens is 1. The van der Waals surface area contributed by atoms with Crippen LogP contribution in [-0.4, -0.2) is 33.8 Å². The van der Waals surface area contributed by atoms with Crippen molar-refractivity contribution in [2.75, 3.05) is 12.8 Å². The fraction of sp³-hybridized carbons (Fsp3) is 0.231. The topological polar surface area (TPSA) is 49.0 Å². The lowest BCUT2D eigenvalue weighted by molar-refractivity contribution is -0.127. The average molecular weight is 279 g/mol. The van der Waals surface area contributed by atoms with Crippen LogP contribution in [0.15, 0.2) is 41.6 Å². The van der Waals surface area contributed by atoms with Crippen molar-refractivity contribution in [1.29, 1.82) is 0 Å². The summed E-state index contributed by atoms with van der Waals surface area (Å²) in [6, 6.07) is 6.45. The molecule has 0 bridgehead atoms. The van der Waals surface area contributed by atoms with Crippen molar-refractivity contribution >= 4 is 17.7 Å². The number of aromatic amines is 1. The quantitative estimate of drug-likeness (QED) is 0.854. The van der Waals surface area contributed by atoms with E-state index in [9.17, 15) is 9.18 Å². The van der Waals surface area contributed by atoms with Crippen LogP contribution >= 0.6 is 11.8 Å². The van der Waals surface area contributed by atoms with E-state index < -0.39 is 0 Å². The zero-order chi connectivity index (χ0) is 13.7. The van der Waals surface area contributed by atoms with Crippen molar-refractivity contribution in [3.8, 4) is 0 Å². The maximum absolute atomic E-state index is 13.4. The van der Waals surface area contributed by atoms with Gasteiger partial charge in [-0.25, -0.2) is 4.39 Å². The van der Waals surface area contributed by atoms with E-state index in [1.807, 2.05) is 0 Å². The first-order valence-electron chi connectivity index (χ1n) is 5.76. The van der Waals surface area contributed by atoms with E-state index in [-0.39, 0.29) is 17.5 Å². The van der Waals surface area contributed by atoms with Gasteiger partial charge in [0.1, 0.15) is 5.82 Å². The predicted octanol–water partition coefficient (Wildman–Crippen LogP) is 2.30. The number of hydrogen-bond donors (Lipinski definition) is 1. The molecule has 4 nitrogen and oxygen atoms in total. The highest BCUT2D eigenvalue weighted by molar-refractivity contribution is 8.00. The minimum absolute atomic E-state index is 0.0468. The maximum atomic E-state index is 13.4. The number of H-pyrrole nitrogens is 1. The monoisotopic (exact) mass is 279 g/mol. The van der Waals surface area contributed by atoms with E-state index in [4.69, 9.17) is 0 Å². The molecule has 0 aliphatic carbocycles. The molecule has 6 heteroatoms. The molecule has 0 fully saturated rings. The van der Waals surface area contributed by atoms with Crippen LogP contribution < -0.4 is 0 Å². The molecule has 2 aromatic rings. The molecule has 0 aliphatic rings. The Morgan fingerprint density at radius 2 is 2.26 bits per heavy atom. The first kappa shape index (κ1) is 13.6. The molecule has 0 saturated heterocycles. The number of amides is 1. The number of aromatic nitrogens is 2. The minimum atomic E-state index is -0.294. The lowest BCUT2D eigenvalue weighted by Gasteiger charge is -2.15. The van der Waals surface area contributed by atoms with E-state index in [1.54, 1.807) is 42.5 Å². The van der Waals surface area contributed by atoms with E-state index in [2.05, 4.69) is 10.2 Å². The van der Waals surface area contributed by atoms with Gasteiger partial charge in [0.15, 0.2) is 0 Å². The van der Waals surface area contributed by atoms with Crippen molar-refractivity contribution in [1.82, 2.24) is 15.1 Å². The zero-order valence-corrected chi connectivity index (χ0v) is 11.3. The van der Waals surface area contributed by atoms with Gasteiger partial charge in [0, 0.05) is 30.2 Å². The highest BCUT2D eigenvalue weighted by atomic mass is 32.2. The van der Waals surface area contributed by atoms with Crippen molar-refractivity contribution in [3.05, 3.63) is 48.0 Å². The molecule has 0 aliphatic heterocycles. The van der Waals surface area contributed by atoms with Crippen molar-refractivity contribution < 1.29 is 9.18 Å². The van der Waals surface area contributed by atoms with Gasteiger partial charge in [0.05, 0.1) is 11.9 Å². The lowest BCUT2D eigenvalue weighted by atomic mass is 10.3.